The van der Waals surface area contributed by atoms with Gasteiger partial charge in [0.15, 0.2) is 0 Å². The SMILES string of the molecule is C=C(C)CC=[PH]1CCCCC1. The summed E-state index contributed by atoms with van der Waals surface area (Å²) in [5.74, 6) is 2.56. The summed E-state index contributed by atoms with van der Waals surface area (Å²) in [4.78, 5) is 0. The van der Waals surface area contributed by atoms with Crippen LogP contribution in [0.1, 0.15) is 32.6 Å². The van der Waals surface area contributed by atoms with E-state index < -0.39 is 0 Å². The van der Waals surface area contributed by atoms with Crippen molar-refractivity contribution in [2.75, 3.05) is 12.3 Å². The lowest BCUT2D eigenvalue weighted by Gasteiger charge is -2.14. The van der Waals surface area contributed by atoms with E-state index in [1.165, 1.54) is 43.6 Å². The second-order valence-electron chi connectivity index (χ2n) is 3.58. The number of hydrogen-bond acceptors (Lipinski definition) is 0. The maximum Gasteiger partial charge on any atom is -0.0142 e. The fourth-order valence-electron chi connectivity index (χ4n) is 1.53. The van der Waals surface area contributed by atoms with Crippen LogP contribution >= 0.6 is 7.55 Å². The fraction of sp³-hybridized carbons (Fsp3) is 0.700. The molecule has 0 N–H and O–H groups in total. The lowest BCUT2D eigenvalue weighted by Crippen LogP contribution is -1.95. The van der Waals surface area contributed by atoms with Crippen LogP contribution in [0.2, 0.25) is 0 Å². The summed E-state index contributed by atoms with van der Waals surface area (Å²) in [7, 11) is -0.0291. The molecule has 0 aromatic heterocycles. The molecule has 0 nitrogen and oxygen atoms in total. The van der Waals surface area contributed by atoms with Gasteiger partial charge >= 0.3 is 0 Å². The maximum absolute atomic E-state index is 3.92. The quantitative estimate of drug-likeness (QED) is 0.441. The molecule has 0 bridgehead atoms. The molecule has 0 unspecified atom stereocenters. The summed E-state index contributed by atoms with van der Waals surface area (Å²) in [6.07, 6.45) is 8.68. The van der Waals surface area contributed by atoms with E-state index in [9.17, 15) is 0 Å². The van der Waals surface area contributed by atoms with Crippen LogP contribution in [0.15, 0.2) is 12.2 Å². The highest BCUT2D eigenvalue weighted by Crippen LogP contribution is 2.31. The summed E-state index contributed by atoms with van der Waals surface area (Å²) in [5, 5.41) is 0. The number of allylic oxidation sites excluding steroid dienone is 1. The average Bonchev–Trinajstić information content (AvgIpc) is 2.03. The third-order valence-electron chi connectivity index (χ3n) is 2.23. The van der Waals surface area contributed by atoms with Crippen molar-refractivity contribution in [2.24, 2.45) is 0 Å². The standard InChI is InChI=1S/C10H19P/c1-10(2)6-9-11-7-4-3-5-8-11/h9,11H,1,3-8H2,2H3. The van der Waals surface area contributed by atoms with E-state index in [0.717, 1.165) is 0 Å². The molecule has 0 aromatic rings. The third-order valence-corrected chi connectivity index (χ3v) is 5.01. The van der Waals surface area contributed by atoms with Gasteiger partial charge in [0, 0.05) is 0 Å². The monoisotopic (exact) mass is 170 g/mol. The van der Waals surface area contributed by atoms with Gasteiger partial charge in [-0.25, -0.2) is 0 Å². The minimum absolute atomic E-state index is 0.0291. The molecule has 0 atom stereocenters. The van der Waals surface area contributed by atoms with E-state index in [1.54, 1.807) is 0 Å². The molecular weight excluding hydrogens is 151 g/mol. The Hall–Kier alpha value is 0.0400. The Morgan fingerprint density at radius 3 is 2.55 bits per heavy atom. The third kappa shape index (κ3) is 3.82. The Labute approximate surface area is 71.1 Å². The number of rotatable bonds is 2. The van der Waals surface area contributed by atoms with Gasteiger partial charge < -0.3 is 0 Å². The Morgan fingerprint density at radius 2 is 2.00 bits per heavy atom. The Bertz CT molecular complexity index is 160. The van der Waals surface area contributed by atoms with E-state index in [0.29, 0.717) is 0 Å². The molecule has 1 saturated heterocycles. The van der Waals surface area contributed by atoms with Gasteiger partial charge in [-0.05, 0) is 38.5 Å². The van der Waals surface area contributed by atoms with Crippen LogP contribution in [0.5, 0.6) is 0 Å². The summed E-state index contributed by atoms with van der Waals surface area (Å²) in [5.41, 5.74) is 1.33. The summed E-state index contributed by atoms with van der Waals surface area (Å²) in [6, 6.07) is 0. The lowest BCUT2D eigenvalue weighted by atomic mass is 10.3. The van der Waals surface area contributed by atoms with E-state index >= 15 is 0 Å². The van der Waals surface area contributed by atoms with Crippen molar-refractivity contribution in [3.63, 3.8) is 0 Å². The zero-order valence-corrected chi connectivity index (χ0v) is 8.53. The molecule has 1 heterocycles. The van der Waals surface area contributed by atoms with Crippen molar-refractivity contribution >= 4 is 13.3 Å². The van der Waals surface area contributed by atoms with Gasteiger partial charge in [-0.2, -0.15) is 0 Å². The van der Waals surface area contributed by atoms with Gasteiger partial charge in [-0.15, -0.1) is 7.55 Å². The van der Waals surface area contributed by atoms with Crippen molar-refractivity contribution in [3.05, 3.63) is 12.2 Å². The average molecular weight is 170 g/mol. The molecular formula is C10H19P. The normalized spacial score (nSPS) is 19.7. The smallest absolute Gasteiger partial charge is 0.0142 e. The minimum atomic E-state index is -0.0291. The van der Waals surface area contributed by atoms with Crippen molar-refractivity contribution in [3.8, 4) is 0 Å². The molecule has 0 aliphatic carbocycles. The van der Waals surface area contributed by atoms with Gasteiger partial charge in [0.1, 0.15) is 0 Å². The first-order valence-corrected chi connectivity index (χ1v) is 6.60. The van der Waals surface area contributed by atoms with Crippen molar-refractivity contribution < 1.29 is 0 Å². The fourth-order valence-corrected chi connectivity index (χ4v) is 4.23. The first kappa shape index (κ1) is 9.13. The highest BCUT2D eigenvalue weighted by molar-refractivity contribution is 7.57. The second kappa shape index (κ2) is 4.83. The van der Waals surface area contributed by atoms with E-state index in [4.69, 9.17) is 0 Å². The molecule has 0 amide bonds. The van der Waals surface area contributed by atoms with Gasteiger partial charge in [-0.1, -0.05) is 24.4 Å². The van der Waals surface area contributed by atoms with Gasteiger partial charge in [0.05, 0.1) is 0 Å². The van der Waals surface area contributed by atoms with Crippen molar-refractivity contribution in [2.45, 2.75) is 32.6 Å². The van der Waals surface area contributed by atoms with Gasteiger partial charge in [-0.3, -0.25) is 0 Å². The van der Waals surface area contributed by atoms with Crippen LogP contribution in [0.4, 0.5) is 0 Å². The van der Waals surface area contributed by atoms with Crippen LogP contribution in [0.25, 0.3) is 0 Å². The lowest BCUT2D eigenvalue weighted by molar-refractivity contribution is 0.758. The summed E-state index contributed by atoms with van der Waals surface area (Å²) >= 11 is 0. The zero-order valence-electron chi connectivity index (χ0n) is 7.53. The molecule has 1 heteroatoms. The summed E-state index contributed by atoms with van der Waals surface area (Å²) in [6.45, 7) is 6.05. The highest BCUT2D eigenvalue weighted by atomic mass is 31.1. The van der Waals surface area contributed by atoms with Crippen molar-refractivity contribution in [1.29, 1.82) is 0 Å². The van der Waals surface area contributed by atoms with Crippen LogP contribution < -0.4 is 0 Å². The molecule has 1 rings (SSSR count). The predicted molar refractivity (Wildman–Crippen MR) is 57.4 cm³/mol. The Kier molecular flexibility index (Phi) is 4.01. The predicted octanol–water partition coefficient (Wildman–Crippen LogP) is 3.15. The number of hydrogen-bond donors (Lipinski definition) is 0. The maximum atomic E-state index is 3.92. The van der Waals surface area contributed by atoms with E-state index in [-0.39, 0.29) is 7.55 Å². The van der Waals surface area contributed by atoms with E-state index in [2.05, 4.69) is 19.3 Å². The minimum Gasteiger partial charge on any atom is -0.121 e. The van der Waals surface area contributed by atoms with Crippen LogP contribution in [0, 0.1) is 0 Å². The molecule has 1 aliphatic rings. The topological polar surface area (TPSA) is 0 Å². The van der Waals surface area contributed by atoms with Crippen LogP contribution in [-0.4, -0.2) is 18.1 Å². The molecule has 0 aromatic carbocycles. The Balaban J connectivity index is 2.32. The largest absolute Gasteiger partial charge is 0.121 e. The molecule has 1 aliphatic heterocycles. The molecule has 1 fully saturated rings. The first-order valence-electron chi connectivity index (χ1n) is 4.61. The second-order valence-corrected chi connectivity index (χ2v) is 6.31. The highest BCUT2D eigenvalue weighted by Gasteiger charge is 2.02. The van der Waals surface area contributed by atoms with Gasteiger partial charge in [0.25, 0.3) is 0 Å². The van der Waals surface area contributed by atoms with Crippen molar-refractivity contribution in [1.82, 2.24) is 0 Å². The molecule has 0 spiro atoms. The molecule has 0 radical (unpaired) electrons. The zero-order chi connectivity index (χ0) is 8.10. The Morgan fingerprint density at radius 1 is 1.36 bits per heavy atom. The van der Waals surface area contributed by atoms with Crippen LogP contribution in [-0.2, 0) is 0 Å². The summed E-state index contributed by atoms with van der Waals surface area (Å²) < 4.78 is 0. The first-order chi connectivity index (χ1) is 5.29. The molecule has 11 heavy (non-hydrogen) atoms. The van der Waals surface area contributed by atoms with Gasteiger partial charge in [0.2, 0.25) is 0 Å². The molecule has 0 saturated carbocycles. The van der Waals surface area contributed by atoms with Crippen LogP contribution in [0.3, 0.4) is 0 Å². The van der Waals surface area contributed by atoms with E-state index in [1.807, 2.05) is 0 Å². The molecule has 64 valence electrons.